The number of urea groups is 1. The van der Waals surface area contributed by atoms with Crippen LogP contribution in [-0.4, -0.2) is 103 Å². The molecule has 0 spiro atoms. The number of imidazole rings is 1. The highest BCUT2D eigenvalue weighted by atomic mass is 16.6. The zero-order valence-electron chi connectivity index (χ0n) is 25.7. The summed E-state index contributed by atoms with van der Waals surface area (Å²) in [6.07, 6.45) is 0.550. The van der Waals surface area contributed by atoms with Crippen molar-refractivity contribution in [2.75, 3.05) is 44.6 Å². The summed E-state index contributed by atoms with van der Waals surface area (Å²) < 4.78 is 7.31. The standard InChI is InChI=1S/C33H42N8O5/c42-20-25-28(43)29(44)32(46-25)41-21-37-27-30(35-18-24(22-10-4-1-5-11-22)23-12-6-2-7-13-23)38-26(39-31(27)41)19-36-33(45)34-14-17-40-15-8-3-9-16-40/h1-2,4-7,10-13,21,24-25,28-29,32,42-44H,3,8-9,14-20H2,(H2,34,36,45)(H,35,38,39)/t25-,28?,29?,32?/m1/s1. The van der Waals surface area contributed by atoms with E-state index >= 15 is 0 Å². The summed E-state index contributed by atoms with van der Waals surface area (Å²) in [5, 5.41) is 40.0. The summed E-state index contributed by atoms with van der Waals surface area (Å²) in [5.74, 6) is 0.780. The Morgan fingerprint density at radius 2 is 1.63 bits per heavy atom. The highest BCUT2D eigenvalue weighted by molar-refractivity contribution is 5.83. The number of amides is 2. The minimum atomic E-state index is -1.31. The minimum Gasteiger partial charge on any atom is -0.394 e. The lowest BCUT2D eigenvalue weighted by Gasteiger charge is -2.26. The zero-order chi connectivity index (χ0) is 31.9. The molecule has 0 aliphatic carbocycles. The van der Waals surface area contributed by atoms with Crippen molar-refractivity contribution >= 4 is 23.0 Å². The Kier molecular flexibility index (Phi) is 10.4. The van der Waals surface area contributed by atoms with Gasteiger partial charge in [-0.1, -0.05) is 67.1 Å². The van der Waals surface area contributed by atoms with Gasteiger partial charge in [-0.15, -0.1) is 0 Å². The summed E-state index contributed by atoms with van der Waals surface area (Å²) in [6.45, 7) is 3.55. The molecule has 2 aromatic heterocycles. The van der Waals surface area contributed by atoms with Gasteiger partial charge in [0.1, 0.15) is 18.3 Å². The highest BCUT2D eigenvalue weighted by Gasteiger charge is 2.44. The Labute approximate surface area is 267 Å². The number of nitrogens with one attached hydrogen (secondary N) is 3. The normalized spacial score (nSPS) is 21.9. The van der Waals surface area contributed by atoms with Crippen molar-refractivity contribution in [3.63, 3.8) is 0 Å². The summed E-state index contributed by atoms with van der Waals surface area (Å²) in [7, 11) is 0. The second kappa shape index (κ2) is 15.0. The Morgan fingerprint density at radius 3 is 2.28 bits per heavy atom. The second-order valence-electron chi connectivity index (χ2n) is 11.8. The number of carbonyl (C=O) groups is 1. The summed E-state index contributed by atoms with van der Waals surface area (Å²) in [5.41, 5.74) is 3.05. The number of aromatic nitrogens is 4. The van der Waals surface area contributed by atoms with Gasteiger partial charge in [0.15, 0.2) is 29.0 Å². The summed E-state index contributed by atoms with van der Waals surface area (Å²) in [6, 6.07) is 20.1. The molecule has 46 heavy (non-hydrogen) atoms. The quantitative estimate of drug-likeness (QED) is 0.136. The molecule has 2 aliphatic heterocycles. The molecule has 6 rings (SSSR count). The van der Waals surface area contributed by atoms with Gasteiger partial charge in [-0.25, -0.2) is 19.7 Å². The van der Waals surface area contributed by atoms with E-state index in [1.54, 1.807) is 0 Å². The maximum absolute atomic E-state index is 12.7. The first-order chi connectivity index (χ1) is 22.5. The zero-order valence-corrected chi connectivity index (χ0v) is 25.7. The summed E-state index contributed by atoms with van der Waals surface area (Å²) >= 11 is 0. The van der Waals surface area contributed by atoms with Crippen LogP contribution in [0, 0.1) is 0 Å². The molecule has 2 aliphatic rings. The van der Waals surface area contributed by atoms with Crippen LogP contribution in [0.25, 0.3) is 11.2 Å². The van der Waals surface area contributed by atoms with Gasteiger partial charge in [0.25, 0.3) is 0 Å². The summed E-state index contributed by atoms with van der Waals surface area (Å²) in [4.78, 5) is 29.0. The fraction of sp³-hybridized carbons (Fsp3) is 0.455. The van der Waals surface area contributed by atoms with E-state index in [-0.39, 0.29) is 18.5 Å². The van der Waals surface area contributed by atoms with E-state index in [4.69, 9.17) is 9.72 Å². The van der Waals surface area contributed by atoms with E-state index < -0.39 is 31.1 Å². The van der Waals surface area contributed by atoms with Gasteiger partial charge in [-0.05, 0) is 37.1 Å². The Hall–Kier alpha value is -4.14. The first kappa shape index (κ1) is 31.8. The number of hydrogen-bond donors (Lipinski definition) is 6. The molecule has 0 radical (unpaired) electrons. The lowest BCUT2D eigenvalue weighted by atomic mass is 9.91. The molecule has 6 N–H and O–H groups in total. The molecule has 13 nitrogen and oxygen atoms in total. The largest absolute Gasteiger partial charge is 0.394 e. The lowest BCUT2D eigenvalue weighted by Crippen LogP contribution is -2.41. The number of piperidine rings is 1. The monoisotopic (exact) mass is 630 g/mol. The molecular weight excluding hydrogens is 588 g/mol. The average molecular weight is 631 g/mol. The maximum atomic E-state index is 12.7. The van der Waals surface area contributed by atoms with Gasteiger partial charge in [0.05, 0.1) is 19.5 Å². The Balaban J connectivity index is 1.24. The van der Waals surface area contributed by atoms with Crippen molar-refractivity contribution in [2.45, 2.75) is 56.3 Å². The smallest absolute Gasteiger partial charge is 0.315 e. The van der Waals surface area contributed by atoms with Crippen LogP contribution in [0.1, 0.15) is 48.4 Å². The molecule has 2 saturated heterocycles. The average Bonchev–Trinajstić information content (AvgIpc) is 3.65. The Morgan fingerprint density at radius 1 is 0.935 bits per heavy atom. The molecule has 4 atom stereocenters. The van der Waals surface area contributed by atoms with Crippen LogP contribution in [0.3, 0.4) is 0 Å². The number of benzene rings is 2. The molecule has 2 aromatic carbocycles. The number of fused-ring (bicyclic) bond motifs is 1. The van der Waals surface area contributed by atoms with Crippen molar-refractivity contribution in [1.29, 1.82) is 0 Å². The van der Waals surface area contributed by atoms with Crippen molar-refractivity contribution in [2.24, 2.45) is 0 Å². The molecule has 13 heteroatoms. The first-order valence-corrected chi connectivity index (χ1v) is 16.0. The predicted molar refractivity (Wildman–Crippen MR) is 172 cm³/mol. The number of aliphatic hydroxyl groups excluding tert-OH is 3. The van der Waals surface area contributed by atoms with Gasteiger partial charge in [0.2, 0.25) is 0 Å². The van der Waals surface area contributed by atoms with E-state index in [0.717, 1.165) is 30.8 Å². The lowest BCUT2D eigenvalue weighted by molar-refractivity contribution is -0.0511. The molecule has 0 saturated carbocycles. The van der Waals surface area contributed by atoms with Gasteiger partial charge < -0.3 is 40.9 Å². The van der Waals surface area contributed by atoms with Crippen molar-refractivity contribution in [3.05, 3.63) is 83.9 Å². The molecule has 3 unspecified atom stereocenters. The van der Waals surface area contributed by atoms with Crippen LogP contribution in [0.5, 0.6) is 0 Å². The molecule has 4 heterocycles. The molecule has 2 fully saturated rings. The molecule has 0 bridgehead atoms. The van der Waals surface area contributed by atoms with E-state index in [1.165, 1.54) is 30.2 Å². The van der Waals surface area contributed by atoms with Gasteiger partial charge in [-0.3, -0.25) is 4.57 Å². The molecule has 4 aromatic rings. The van der Waals surface area contributed by atoms with E-state index in [0.29, 0.717) is 35.9 Å². The third kappa shape index (κ3) is 7.29. The van der Waals surface area contributed by atoms with Crippen LogP contribution in [0.4, 0.5) is 10.6 Å². The first-order valence-electron chi connectivity index (χ1n) is 16.0. The van der Waals surface area contributed by atoms with Gasteiger partial charge >= 0.3 is 6.03 Å². The SMILES string of the molecule is O=C(NCCN1CCCCC1)NCc1nc(NCC(c2ccccc2)c2ccccc2)c2ncn(C3O[C@H](CO)C(O)C3O)c2n1. The fourth-order valence-corrected chi connectivity index (χ4v) is 6.19. The highest BCUT2D eigenvalue weighted by Crippen LogP contribution is 2.33. The van der Waals surface area contributed by atoms with Crippen LogP contribution in [0.15, 0.2) is 67.0 Å². The number of hydrogen-bond acceptors (Lipinski definition) is 10. The number of rotatable bonds is 12. The topological polar surface area (TPSA) is 170 Å². The molecule has 244 valence electrons. The minimum absolute atomic E-state index is 0.00204. The number of carbonyl (C=O) groups excluding carboxylic acids is 1. The van der Waals surface area contributed by atoms with Crippen molar-refractivity contribution in [1.82, 2.24) is 35.1 Å². The van der Waals surface area contributed by atoms with Gasteiger partial charge in [-0.2, -0.15) is 0 Å². The number of aliphatic hydroxyl groups is 3. The Bertz CT molecular complexity index is 1530. The molecule has 2 amide bonds. The van der Waals surface area contributed by atoms with Crippen LogP contribution >= 0.6 is 0 Å². The number of nitrogens with zero attached hydrogens (tertiary/aromatic N) is 5. The predicted octanol–water partition coefficient (Wildman–Crippen LogP) is 1.97. The van der Waals surface area contributed by atoms with Crippen molar-refractivity contribution < 1.29 is 24.9 Å². The van der Waals surface area contributed by atoms with Crippen LogP contribution in [0.2, 0.25) is 0 Å². The third-order valence-electron chi connectivity index (χ3n) is 8.71. The van der Waals surface area contributed by atoms with Crippen LogP contribution in [-0.2, 0) is 11.3 Å². The van der Waals surface area contributed by atoms with E-state index in [1.807, 2.05) is 36.4 Å². The number of likely N-dealkylation sites (tertiary alicyclic amines) is 1. The number of anilines is 1. The van der Waals surface area contributed by atoms with E-state index in [2.05, 4.69) is 55.1 Å². The van der Waals surface area contributed by atoms with Gasteiger partial charge in [0, 0.05) is 25.6 Å². The van der Waals surface area contributed by atoms with Crippen molar-refractivity contribution in [3.8, 4) is 0 Å². The number of ether oxygens (including phenoxy) is 1. The van der Waals surface area contributed by atoms with E-state index in [9.17, 15) is 20.1 Å². The third-order valence-corrected chi connectivity index (χ3v) is 8.71. The fourth-order valence-electron chi connectivity index (χ4n) is 6.19. The second-order valence-corrected chi connectivity index (χ2v) is 11.8. The maximum Gasteiger partial charge on any atom is 0.315 e. The van der Waals surface area contributed by atoms with Crippen LogP contribution < -0.4 is 16.0 Å². The molecular formula is C33H42N8O5.